The number of carbonyl (C=O) groups is 2. The second-order valence-electron chi connectivity index (χ2n) is 17.4. The number of hydrogen-bond donors (Lipinski definition) is 8. The summed E-state index contributed by atoms with van der Waals surface area (Å²) in [5.74, 6) is -1.29. The van der Waals surface area contributed by atoms with E-state index in [0.717, 1.165) is 38.5 Å². The molecule has 0 aromatic heterocycles. The van der Waals surface area contributed by atoms with Crippen molar-refractivity contribution >= 4 is 27.6 Å². The van der Waals surface area contributed by atoms with Crippen LogP contribution in [0.15, 0.2) is 60.8 Å². The molecule has 0 radical (unpaired) electrons. The van der Waals surface area contributed by atoms with Crippen molar-refractivity contribution in [3.05, 3.63) is 60.8 Å². The number of rotatable bonds is 41. The molecule has 1 aliphatic rings. The van der Waals surface area contributed by atoms with E-state index in [-0.39, 0.29) is 12.8 Å². The molecular weight excluding hydrogens is 922 g/mol. The zero-order chi connectivity index (χ0) is 50.5. The highest BCUT2D eigenvalue weighted by atomic mass is 31.2. The highest BCUT2D eigenvalue weighted by Crippen LogP contribution is 2.49. The van der Waals surface area contributed by atoms with Crippen LogP contribution in [0.3, 0.4) is 0 Å². The lowest BCUT2D eigenvalue weighted by Crippen LogP contribution is -2.64. The molecular formula is C49H86O17P2. The fourth-order valence-corrected chi connectivity index (χ4v) is 8.79. The van der Waals surface area contributed by atoms with E-state index in [1.807, 2.05) is 49.5 Å². The first-order valence-electron chi connectivity index (χ1n) is 24.9. The fraction of sp³-hybridized carbons (Fsp3) is 0.755. The van der Waals surface area contributed by atoms with E-state index in [2.05, 4.69) is 23.6 Å². The SMILES string of the molecule is CCCCCCCCCCCCCCCCCCCC(=O)OC[C@H](COP(=O)(O)O[C@H]1C(O)C(O)C(O)[C@@H](OP(=O)(O)O)C1O)OC(=O)CCC/C=C\C/C=C\C/C=C\C/C=C\C=C\[C@H](O)CC. The Morgan fingerprint density at radius 2 is 1.01 bits per heavy atom. The van der Waals surface area contributed by atoms with Gasteiger partial charge < -0.3 is 49.7 Å². The summed E-state index contributed by atoms with van der Waals surface area (Å²) in [5.41, 5.74) is 0. The number of esters is 2. The standard InChI is InChI=1S/C49H86O17P2/c1-3-5-6-7-8-9-10-11-12-13-14-18-21-24-27-30-33-36-42(51)62-38-41(39-63-68(60,61)66-49-46(55)44(53)45(54)48(47(49)56)65-67(57,58)59)64-43(52)37-34-31-28-25-22-19-16-15-17-20-23-26-29-32-35-40(50)4-2/h16-17,19-20,25-26,28-29,32,35,40-41,44-50,53-56H,3-15,18,21-24,27,30-31,33-34,36-39H2,1-2H3,(H,60,61)(H2,57,58,59)/b19-16-,20-17-,28-25-,29-26-,35-32+/t40-,41-,44?,45?,46?,47?,48-,49+/m1/s1. The second kappa shape index (κ2) is 39.3. The molecule has 394 valence electrons. The van der Waals surface area contributed by atoms with Gasteiger partial charge in [-0.05, 0) is 44.9 Å². The van der Waals surface area contributed by atoms with E-state index in [9.17, 15) is 58.9 Å². The van der Waals surface area contributed by atoms with E-state index < -0.39 is 89.6 Å². The van der Waals surface area contributed by atoms with E-state index >= 15 is 0 Å². The Morgan fingerprint density at radius 3 is 1.53 bits per heavy atom. The van der Waals surface area contributed by atoms with Crippen molar-refractivity contribution in [2.24, 2.45) is 0 Å². The van der Waals surface area contributed by atoms with Crippen molar-refractivity contribution in [1.29, 1.82) is 0 Å². The molecule has 0 heterocycles. The summed E-state index contributed by atoms with van der Waals surface area (Å²) in [6.07, 6.45) is 28.4. The quantitative estimate of drug-likeness (QED) is 0.00934. The zero-order valence-electron chi connectivity index (χ0n) is 40.6. The van der Waals surface area contributed by atoms with Gasteiger partial charge in [-0.1, -0.05) is 177 Å². The molecule has 9 atom stereocenters. The maximum absolute atomic E-state index is 13.0. The van der Waals surface area contributed by atoms with Crippen molar-refractivity contribution in [1.82, 2.24) is 0 Å². The van der Waals surface area contributed by atoms with Gasteiger partial charge in [-0.3, -0.25) is 23.2 Å². The number of aliphatic hydroxyl groups excluding tert-OH is 5. The predicted octanol–water partition coefficient (Wildman–Crippen LogP) is 8.81. The zero-order valence-corrected chi connectivity index (χ0v) is 42.4. The Balaban J connectivity index is 2.61. The molecule has 17 nitrogen and oxygen atoms in total. The van der Waals surface area contributed by atoms with Crippen molar-refractivity contribution in [3.8, 4) is 0 Å². The molecule has 0 bridgehead atoms. The molecule has 1 fully saturated rings. The van der Waals surface area contributed by atoms with E-state index in [0.29, 0.717) is 32.1 Å². The normalized spacial score (nSPS) is 22.2. The van der Waals surface area contributed by atoms with Gasteiger partial charge in [0.15, 0.2) is 6.10 Å². The molecule has 0 spiro atoms. The van der Waals surface area contributed by atoms with Gasteiger partial charge in [0.25, 0.3) is 0 Å². The molecule has 1 saturated carbocycles. The number of phosphoric ester groups is 2. The molecule has 1 aliphatic carbocycles. The number of hydrogen-bond acceptors (Lipinski definition) is 14. The van der Waals surface area contributed by atoms with Gasteiger partial charge in [0.1, 0.15) is 43.2 Å². The summed E-state index contributed by atoms with van der Waals surface area (Å²) in [7, 11) is -10.7. The molecule has 19 heteroatoms. The van der Waals surface area contributed by atoms with Gasteiger partial charge in [0.05, 0.1) is 12.7 Å². The molecule has 1 rings (SSSR count). The van der Waals surface area contributed by atoms with Crippen molar-refractivity contribution in [3.63, 3.8) is 0 Å². The van der Waals surface area contributed by atoms with Gasteiger partial charge in [-0.2, -0.15) is 0 Å². The monoisotopic (exact) mass is 1010 g/mol. The molecule has 5 unspecified atom stereocenters. The first-order chi connectivity index (χ1) is 32.5. The molecule has 0 aromatic carbocycles. The van der Waals surface area contributed by atoms with Crippen LogP contribution >= 0.6 is 15.6 Å². The number of carbonyl (C=O) groups excluding carboxylic acids is 2. The summed E-state index contributed by atoms with van der Waals surface area (Å²) in [4.78, 5) is 54.3. The highest BCUT2D eigenvalue weighted by molar-refractivity contribution is 7.47. The lowest BCUT2D eigenvalue weighted by molar-refractivity contribution is -0.216. The maximum atomic E-state index is 13.0. The van der Waals surface area contributed by atoms with Gasteiger partial charge in [-0.25, -0.2) is 9.13 Å². The molecule has 0 amide bonds. The number of allylic oxidation sites excluding steroid dienone is 9. The third kappa shape index (κ3) is 33.3. The van der Waals surface area contributed by atoms with Crippen LogP contribution in [-0.4, -0.2) is 114 Å². The first-order valence-corrected chi connectivity index (χ1v) is 28.0. The predicted molar refractivity (Wildman–Crippen MR) is 261 cm³/mol. The summed E-state index contributed by atoms with van der Waals surface area (Å²) in [6, 6.07) is 0. The minimum absolute atomic E-state index is 0.0486. The topological polar surface area (TPSA) is 276 Å². The van der Waals surface area contributed by atoms with Crippen molar-refractivity contribution < 1.29 is 82.0 Å². The van der Waals surface area contributed by atoms with Gasteiger partial charge in [0, 0.05) is 12.8 Å². The fourth-order valence-electron chi connectivity index (χ4n) is 7.25. The molecule has 0 saturated heterocycles. The Hall–Kier alpha value is -2.34. The minimum atomic E-state index is -5.38. The van der Waals surface area contributed by atoms with E-state index in [1.165, 1.54) is 77.0 Å². The Bertz CT molecular complexity index is 1560. The summed E-state index contributed by atoms with van der Waals surface area (Å²) in [6.45, 7) is 2.75. The van der Waals surface area contributed by atoms with Gasteiger partial charge in [-0.15, -0.1) is 0 Å². The van der Waals surface area contributed by atoms with Crippen LogP contribution in [0.2, 0.25) is 0 Å². The average Bonchev–Trinajstić information content (AvgIpc) is 3.29. The van der Waals surface area contributed by atoms with E-state index in [4.69, 9.17) is 18.5 Å². The van der Waals surface area contributed by atoms with Crippen LogP contribution in [0.4, 0.5) is 0 Å². The van der Waals surface area contributed by atoms with Crippen LogP contribution in [0.1, 0.15) is 174 Å². The van der Waals surface area contributed by atoms with Crippen molar-refractivity contribution in [2.45, 2.75) is 223 Å². The smallest absolute Gasteiger partial charge is 0.462 e. The van der Waals surface area contributed by atoms with Crippen LogP contribution in [0.25, 0.3) is 0 Å². The Kier molecular flexibility index (Phi) is 36.8. The number of phosphoric acid groups is 2. The van der Waals surface area contributed by atoms with E-state index in [1.54, 1.807) is 6.08 Å². The van der Waals surface area contributed by atoms with Crippen LogP contribution in [-0.2, 0) is 41.8 Å². The summed E-state index contributed by atoms with van der Waals surface area (Å²) >= 11 is 0. The van der Waals surface area contributed by atoms with Crippen LogP contribution in [0.5, 0.6) is 0 Å². The number of aliphatic hydroxyl groups is 5. The van der Waals surface area contributed by atoms with Gasteiger partial charge >= 0.3 is 27.6 Å². The summed E-state index contributed by atoms with van der Waals surface area (Å²) < 4.78 is 49.4. The number of ether oxygens (including phenoxy) is 2. The summed E-state index contributed by atoms with van der Waals surface area (Å²) in [5, 5.41) is 50.8. The van der Waals surface area contributed by atoms with Crippen molar-refractivity contribution in [2.75, 3.05) is 13.2 Å². The lowest BCUT2D eigenvalue weighted by Gasteiger charge is -2.43. The largest absolute Gasteiger partial charge is 0.472 e. The number of unbranched alkanes of at least 4 members (excludes halogenated alkanes) is 17. The Morgan fingerprint density at radius 1 is 0.544 bits per heavy atom. The van der Waals surface area contributed by atoms with Crippen LogP contribution < -0.4 is 0 Å². The Labute approximate surface area is 405 Å². The molecule has 68 heavy (non-hydrogen) atoms. The van der Waals surface area contributed by atoms with Gasteiger partial charge in [0.2, 0.25) is 0 Å². The maximum Gasteiger partial charge on any atom is 0.472 e. The third-order valence-electron chi connectivity index (χ3n) is 11.3. The second-order valence-corrected chi connectivity index (χ2v) is 20.0. The first kappa shape index (κ1) is 63.7. The third-order valence-corrected chi connectivity index (χ3v) is 12.8. The molecule has 0 aromatic rings. The minimum Gasteiger partial charge on any atom is -0.462 e. The molecule has 8 N–H and O–H groups in total. The van der Waals surface area contributed by atoms with Crippen LogP contribution in [0, 0.1) is 0 Å². The molecule has 0 aliphatic heterocycles. The average molecular weight is 1010 g/mol. The lowest BCUT2D eigenvalue weighted by atomic mass is 9.85. The highest BCUT2D eigenvalue weighted by Gasteiger charge is 2.54.